The van der Waals surface area contributed by atoms with Crippen molar-refractivity contribution in [3.63, 3.8) is 0 Å². The fraction of sp³-hybridized carbons (Fsp3) is 0.500. The van der Waals surface area contributed by atoms with E-state index in [1.165, 1.54) is 24.3 Å². The first-order valence-electron chi connectivity index (χ1n) is 7.72. The van der Waals surface area contributed by atoms with E-state index in [0.717, 1.165) is 19.4 Å². The minimum atomic E-state index is -0.351. The molecule has 0 aromatic heterocycles. The van der Waals surface area contributed by atoms with Crippen molar-refractivity contribution in [1.82, 2.24) is 15.1 Å². The van der Waals surface area contributed by atoms with E-state index < -0.39 is 0 Å². The SMILES string of the molecule is O=C(c1ccc(F)cc1)N1CCN(C(=O)C2CCCN2)CC1. The molecule has 0 aliphatic carbocycles. The zero-order valence-electron chi connectivity index (χ0n) is 12.4. The number of hydrogen-bond donors (Lipinski definition) is 1. The van der Waals surface area contributed by atoms with Crippen LogP contribution in [0.15, 0.2) is 24.3 Å². The first-order valence-corrected chi connectivity index (χ1v) is 7.72. The van der Waals surface area contributed by atoms with Crippen LogP contribution in [-0.2, 0) is 4.79 Å². The number of benzene rings is 1. The maximum Gasteiger partial charge on any atom is 0.253 e. The topological polar surface area (TPSA) is 52.7 Å². The molecule has 0 spiro atoms. The summed E-state index contributed by atoms with van der Waals surface area (Å²) in [4.78, 5) is 28.2. The third kappa shape index (κ3) is 3.11. The average molecular weight is 305 g/mol. The lowest BCUT2D eigenvalue weighted by Crippen LogP contribution is -2.54. The third-order valence-corrected chi connectivity index (χ3v) is 4.33. The quantitative estimate of drug-likeness (QED) is 0.882. The lowest BCUT2D eigenvalue weighted by Gasteiger charge is -2.36. The van der Waals surface area contributed by atoms with Crippen molar-refractivity contribution in [2.45, 2.75) is 18.9 Å². The third-order valence-electron chi connectivity index (χ3n) is 4.33. The van der Waals surface area contributed by atoms with E-state index in [0.29, 0.717) is 31.7 Å². The molecule has 0 saturated carbocycles. The number of halogens is 1. The zero-order chi connectivity index (χ0) is 15.5. The summed E-state index contributed by atoms with van der Waals surface area (Å²) in [5.74, 6) is -0.312. The van der Waals surface area contributed by atoms with Gasteiger partial charge in [0.2, 0.25) is 5.91 Å². The van der Waals surface area contributed by atoms with Crippen molar-refractivity contribution in [2.75, 3.05) is 32.7 Å². The molecule has 2 heterocycles. The summed E-state index contributed by atoms with van der Waals surface area (Å²) in [6, 6.07) is 5.52. The molecule has 118 valence electrons. The van der Waals surface area contributed by atoms with Crippen molar-refractivity contribution in [3.8, 4) is 0 Å². The van der Waals surface area contributed by atoms with Crippen LogP contribution in [0.4, 0.5) is 4.39 Å². The van der Waals surface area contributed by atoms with Gasteiger partial charge in [0.15, 0.2) is 0 Å². The van der Waals surface area contributed by atoms with Gasteiger partial charge in [0.05, 0.1) is 6.04 Å². The van der Waals surface area contributed by atoms with E-state index in [1.807, 2.05) is 4.90 Å². The Hall–Kier alpha value is -1.95. The first-order chi connectivity index (χ1) is 10.6. The van der Waals surface area contributed by atoms with Gasteiger partial charge in [-0.1, -0.05) is 0 Å². The Morgan fingerprint density at radius 1 is 1.05 bits per heavy atom. The minimum absolute atomic E-state index is 0.0562. The summed E-state index contributed by atoms with van der Waals surface area (Å²) in [5.41, 5.74) is 0.485. The maximum absolute atomic E-state index is 12.9. The molecule has 2 aliphatic rings. The Morgan fingerprint density at radius 2 is 1.68 bits per heavy atom. The van der Waals surface area contributed by atoms with E-state index in [-0.39, 0.29) is 23.7 Å². The smallest absolute Gasteiger partial charge is 0.253 e. The summed E-state index contributed by atoms with van der Waals surface area (Å²) in [5, 5.41) is 3.21. The molecule has 2 aliphatic heterocycles. The zero-order valence-corrected chi connectivity index (χ0v) is 12.4. The Bertz CT molecular complexity index is 547. The van der Waals surface area contributed by atoms with Crippen LogP contribution in [0.1, 0.15) is 23.2 Å². The second kappa shape index (κ2) is 6.44. The van der Waals surface area contributed by atoms with Crippen molar-refractivity contribution in [1.29, 1.82) is 0 Å². The first kappa shape index (κ1) is 15.0. The summed E-state index contributed by atoms with van der Waals surface area (Å²) >= 11 is 0. The van der Waals surface area contributed by atoms with Crippen molar-refractivity contribution in [3.05, 3.63) is 35.6 Å². The molecule has 0 bridgehead atoms. The van der Waals surface area contributed by atoms with Crippen LogP contribution < -0.4 is 5.32 Å². The monoisotopic (exact) mass is 305 g/mol. The molecule has 2 amide bonds. The molecule has 1 atom stereocenters. The molecule has 6 heteroatoms. The number of carbonyl (C=O) groups is 2. The van der Waals surface area contributed by atoms with Crippen molar-refractivity contribution < 1.29 is 14.0 Å². The van der Waals surface area contributed by atoms with Gasteiger partial charge in [-0.25, -0.2) is 4.39 Å². The van der Waals surface area contributed by atoms with Gasteiger partial charge >= 0.3 is 0 Å². The van der Waals surface area contributed by atoms with Gasteiger partial charge in [0.25, 0.3) is 5.91 Å². The second-order valence-electron chi connectivity index (χ2n) is 5.77. The average Bonchev–Trinajstić information content (AvgIpc) is 3.09. The number of nitrogens with zero attached hydrogens (tertiary/aromatic N) is 2. The Morgan fingerprint density at radius 3 is 2.27 bits per heavy atom. The molecule has 3 rings (SSSR count). The van der Waals surface area contributed by atoms with Gasteiger partial charge in [-0.3, -0.25) is 9.59 Å². The fourth-order valence-corrected chi connectivity index (χ4v) is 3.02. The number of rotatable bonds is 2. The van der Waals surface area contributed by atoms with Crippen LogP contribution in [0, 0.1) is 5.82 Å². The van der Waals surface area contributed by atoms with E-state index in [1.54, 1.807) is 4.90 Å². The molecule has 22 heavy (non-hydrogen) atoms. The van der Waals surface area contributed by atoms with Gasteiger partial charge in [-0.05, 0) is 43.7 Å². The van der Waals surface area contributed by atoms with Gasteiger partial charge in [-0.2, -0.15) is 0 Å². The number of piperazine rings is 1. The van der Waals surface area contributed by atoms with E-state index >= 15 is 0 Å². The number of carbonyl (C=O) groups excluding carboxylic acids is 2. The second-order valence-corrected chi connectivity index (χ2v) is 5.77. The molecule has 1 N–H and O–H groups in total. The van der Waals surface area contributed by atoms with Crippen molar-refractivity contribution >= 4 is 11.8 Å². The summed E-state index contributed by atoms with van der Waals surface area (Å²) in [6.45, 7) is 3.07. The molecule has 2 fully saturated rings. The van der Waals surface area contributed by atoms with Crippen LogP contribution in [0.25, 0.3) is 0 Å². The summed E-state index contributed by atoms with van der Waals surface area (Å²) < 4.78 is 12.9. The van der Waals surface area contributed by atoms with Gasteiger partial charge < -0.3 is 15.1 Å². The molecular formula is C16H20FN3O2. The van der Waals surface area contributed by atoms with Gasteiger partial charge in [0.1, 0.15) is 5.82 Å². The maximum atomic E-state index is 12.9. The highest BCUT2D eigenvalue weighted by molar-refractivity contribution is 5.94. The number of amides is 2. The van der Waals surface area contributed by atoms with Crippen molar-refractivity contribution in [2.24, 2.45) is 0 Å². The molecule has 1 aromatic carbocycles. The van der Waals surface area contributed by atoms with E-state index in [4.69, 9.17) is 0 Å². The largest absolute Gasteiger partial charge is 0.338 e. The Balaban J connectivity index is 1.56. The van der Waals surface area contributed by atoms with Crippen LogP contribution in [0.3, 0.4) is 0 Å². The van der Waals surface area contributed by atoms with E-state index in [2.05, 4.69) is 5.32 Å². The normalized spacial score (nSPS) is 22.0. The van der Waals surface area contributed by atoms with E-state index in [9.17, 15) is 14.0 Å². The molecule has 1 aromatic rings. The lowest BCUT2D eigenvalue weighted by atomic mass is 10.1. The van der Waals surface area contributed by atoms with Gasteiger partial charge in [0, 0.05) is 31.7 Å². The molecule has 0 radical (unpaired) electrons. The summed E-state index contributed by atoms with van der Waals surface area (Å²) in [7, 11) is 0. The standard InChI is InChI=1S/C16H20FN3O2/c17-13-5-3-12(4-6-13)15(21)19-8-10-20(11-9-19)16(22)14-2-1-7-18-14/h3-6,14,18H,1-2,7-11H2. The van der Waals surface area contributed by atoms with Crippen LogP contribution in [-0.4, -0.2) is 60.4 Å². The number of nitrogens with one attached hydrogen (secondary N) is 1. The predicted octanol–water partition coefficient (Wildman–Crippen LogP) is 0.862. The van der Waals surface area contributed by atoms with Crippen LogP contribution in [0.2, 0.25) is 0 Å². The Labute approximate surface area is 129 Å². The highest BCUT2D eigenvalue weighted by Crippen LogP contribution is 2.13. The van der Waals surface area contributed by atoms with Gasteiger partial charge in [-0.15, -0.1) is 0 Å². The highest BCUT2D eigenvalue weighted by atomic mass is 19.1. The summed E-state index contributed by atoms with van der Waals surface area (Å²) in [6.07, 6.45) is 1.94. The highest BCUT2D eigenvalue weighted by Gasteiger charge is 2.30. The van der Waals surface area contributed by atoms with Crippen LogP contribution in [0.5, 0.6) is 0 Å². The minimum Gasteiger partial charge on any atom is -0.338 e. The van der Waals surface area contributed by atoms with Crippen LogP contribution >= 0.6 is 0 Å². The predicted molar refractivity (Wildman–Crippen MR) is 79.9 cm³/mol. The molecular weight excluding hydrogens is 285 g/mol. The molecule has 5 nitrogen and oxygen atoms in total. The fourth-order valence-electron chi connectivity index (χ4n) is 3.02. The lowest BCUT2D eigenvalue weighted by molar-refractivity contribution is -0.134. The Kier molecular flexibility index (Phi) is 4.38. The number of hydrogen-bond acceptors (Lipinski definition) is 3. The molecule has 2 saturated heterocycles. The molecule has 1 unspecified atom stereocenters.